The van der Waals surface area contributed by atoms with Crippen molar-refractivity contribution >= 4 is 0 Å². The van der Waals surface area contributed by atoms with E-state index in [4.69, 9.17) is 4.98 Å². The van der Waals surface area contributed by atoms with Gasteiger partial charge in [-0.2, -0.15) is 0 Å². The Morgan fingerprint density at radius 2 is 1.45 bits per heavy atom. The number of rotatable bonds is 9. The quantitative estimate of drug-likeness (QED) is 0.286. The molecule has 0 aliphatic heterocycles. The molecule has 0 amide bonds. The summed E-state index contributed by atoms with van der Waals surface area (Å²) in [6.07, 6.45) is 13.0. The predicted molar refractivity (Wildman–Crippen MR) is 154 cm³/mol. The Bertz CT molecular complexity index is 1320. The molecule has 0 unspecified atom stereocenters. The fourth-order valence-electron chi connectivity index (χ4n) is 6.35. The molecule has 2 aromatic carbocycles. The molecule has 2 heterocycles. The van der Waals surface area contributed by atoms with Gasteiger partial charge < -0.3 is 5.32 Å². The first-order valence-electron chi connectivity index (χ1n) is 14.2. The molecule has 4 nitrogen and oxygen atoms in total. The van der Waals surface area contributed by atoms with E-state index in [0.29, 0.717) is 12.0 Å². The van der Waals surface area contributed by atoms with Crippen LogP contribution in [0.3, 0.4) is 0 Å². The van der Waals surface area contributed by atoms with Crippen molar-refractivity contribution in [1.82, 2.24) is 20.2 Å². The summed E-state index contributed by atoms with van der Waals surface area (Å²) in [6.45, 7) is 3.83. The Kier molecular flexibility index (Phi) is 7.90. The maximum atomic E-state index is 4.91. The molecule has 0 spiro atoms. The molecule has 1 N–H and O–H groups in total. The number of nitrogens with zero attached hydrogens (tertiary/aromatic N) is 3. The summed E-state index contributed by atoms with van der Waals surface area (Å²) in [5, 5.41) is 3.56. The van der Waals surface area contributed by atoms with E-state index < -0.39 is 0 Å². The molecular formula is C34H38N4. The highest BCUT2D eigenvalue weighted by Gasteiger charge is 2.30. The van der Waals surface area contributed by atoms with Crippen molar-refractivity contribution in [1.29, 1.82) is 0 Å². The topological polar surface area (TPSA) is 41.0 Å². The van der Waals surface area contributed by atoms with Crippen LogP contribution in [0.15, 0.2) is 91.4 Å². The zero-order chi connectivity index (χ0) is 25.6. The monoisotopic (exact) mass is 502 g/mol. The fraction of sp³-hybridized carbons (Fsp3) is 0.353. The Labute approximate surface area is 227 Å². The molecule has 0 fully saturated rings. The van der Waals surface area contributed by atoms with E-state index in [1.807, 2.05) is 18.6 Å². The summed E-state index contributed by atoms with van der Waals surface area (Å²) in [5.74, 6) is 0.690. The van der Waals surface area contributed by atoms with Crippen LogP contribution in [0.1, 0.15) is 64.4 Å². The van der Waals surface area contributed by atoms with Crippen LogP contribution in [0.5, 0.6) is 0 Å². The number of pyridine rings is 2. The van der Waals surface area contributed by atoms with E-state index in [-0.39, 0.29) is 0 Å². The highest BCUT2D eigenvalue weighted by Crippen LogP contribution is 2.36. The lowest BCUT2D eigenvalue weighted by Gasteiger charge is -2.38. The van der Waals surface area contributed by atoms with Crippen molar-refractivity contribution < 1.29 is 0 Å². The van der Waals surface area contributed by atoms with Crippen LogP contribution in [0.2, 0.25) is 0 Å². The van der Waals surface area contributed by atoms with Gasteiger partial charge in [-0.3, -0.25) is 14.9 Å². The second kappa shape index (κ2) is 12.0. The minimum absolute atomic E-state index is 0.402. The molecule has 0 saturated carbocycles. The van der Waals surface area contributed by atoms with E-state index in [0.717, 1.165) is 32.6 Å². The minimum atomic E-state index is 0.402. The van der Waals surface area contributed by atoms with Crippen LogP contribution in [-0.2, 0) is 38.9 Å². The molecule has 0 radical (unpaired) electrons. The largest absolute Gasteiger partial charge is 0.309 e. The normalized spacial score (nSPS) is 18.7. The van der Waals surface area contributed by atoms with E-state index in [1.165, 1.54) is 60.1 Å². The number of fused-ring (bicyclic) bond motifs is 2. The molecule has 4 heteroatoms. The third-order valence-electron chi connectivity index (χ3n) is 8.36. The van der Waals surface area contributed by atoms with Gasteiger partial charge in [-0.1, -0.05) is 54.6 Å². The Balaban J connectivity index is 1.16. The highest BCUT2D eigenvalue weighted by atomic mass is 15.2. The second-order valence-corrected chi connectivity index (χ2v) is 11.0. The predicted octanol–water partition coefficient (Wildman–Crippen LogP) is 6.45. The van der Waals surface area contributed by atoms with Crippen molar-refractivity contribution in [3.63, 3.8) is 0 Å². The summed E-state index contributed by atoms with van der Waals surface area (Å²) in [4.78, 5) is 11.8. The first-order valence-corrected chi connectivity index (χ1v) is 14.2. The molecule has 194 valence electrons. The molecule has 2 aliphatic rings. The first-order chi connectivity index (χ1) is 18.8. The van der Waals surface area contributed by atoms with Gasteiger partial charge in [-0.05, 0) is 96.0 Å². The maximum absolute atomic E-state index is 4.91. The summed E-state index contributed by atoms with van der Waals surface area (Å²) >= 11 is 0. The zero-order valence-corrected chi connectivity index (χ0v) is 22.2. The molecule has 2 atom stereocenters. The van der Waals surface area contributed by atoms with E-state index >= 15 is 0 Å². The average molecular weight is 503 g/mol. The Morgan fingerprint density at radius 1 is 0.711 bits per heavy atom. The molecule has 0 bridgehead atoms. The van der Waals surface area contributed by atoms with E-state index in [2.05, 4.69) is 88.0 Å². The Morgan fingerprint density at radius 3 is 2.29 bits per heavy atom. The van der Waals surface area contributed by atoms with Gasteiger partial charge in [0.2, 0.25) is 0 Å². The van der Waals surface area contributed by atoms with Crippen molar-refractivity contribution in [2.24, 2.45) is 5.92 Å². The summed E-state index contributed by atoms with van der Waals surface area (Å²) in [5.41, 5.74) is 9.83. The number of hydrogen-bond acceptors (Lipinski definition) is 4. The number of benzene rings is 2. The fourth-order valence-corrected chi connectivity index (χ4v) is 6.35. The van der Waals surface area contributed by atoms with Gasteiger partial charge >= 0.3 is 0 Å². The lowest BCUT2D eigenvalue weighted by Crippen LogP contribution is -2.37. The van der Waals surface area contributed by atoms with Gasteiger partial charge in [-0.15, -0.1) is 0 Å². The van der Waals surface area contributed by atoms with Crippen molar-refractivity contribution in [3.05, 3.63) is 130 Å². The number of nitrogens with one attached hydrogen (secondary N) is 1. The molecule has 0 saturated heterocycles. The molecule has 2 aliphatic carbocycles. The van der Waals surface area contributed by atoms with Crippen LogP contribution in [0.4, 0.5) is 0 Å². The molecule has 2 aromatic heterocycles. The van der Waals surface area contributed by atoms with Crippen molar-refractivity contribution in [2.75, 3.05) is 6.54 Å². The number of aryl methyl sites for hydroxylation is 2. The first kappa shape index (κ1) is 25.0. The second-order valence-electron chi connectivity index (χ2n) is 11.0. The summed E-state index contributed by atoms with van der Waals surface area (Å²) in [6, 6.07) is 27.2. The van der Waals surface area contributed by atoms with E-state index in [9.17, 15) is 0 Å². The van der Waals surface area contributed by atoms with Gasteiger partial charge in [0.25, 0.3) is 0 Å². The van der Waals surface area contributed by atoms with Crippen LogP contribution in [-0.4, -0.2) is 21.4 Å². The SMILES string of the molecule is c1ccc2c(c1)CC[C@@H](CN(Cc1ccc(CNCc3ccncc3)cc1)[C@H]1CCCc3cccnc31)C2. The van der Waals surface area contributed by atoms with Crippen LogP contribution >= 0.6 is 0 Å². The highest BCUT2D eigenvalue weighted by molar-refractivity contribution is 5.30. The molecule has 38 heavy (non-hydrogen) atoms. The summed E-state index contributed by atoms with van der Waals surface area (Å²) in [7, 11) is 0. The third kappa shape index (κ3) is 6.03. The van der Waals surface area contributed by atoms with Gasteiger partial charge in [0, 0.05) is 44.8 Å². The number of aromatic nitrogens is 2. The smallest absolute Gasteiger partial charge is 0.0607 e. The molecule has 4 aromatic rings. The van der Waals surface area contributed by atoms with Crippen LogP contribution in [0, 0.1) is 5.92 Å². The Hall–Kier alpha value is -3.34. The van der Waals surface area contributed by atoms with E-state index in [1.54, 1.807) is 11.1 Å². The zero-order valence-electron chi connectivity index (χ0n) is 22.2. The van der Waals surface area contributed by atoms with Crippen LogP contribution < -0.4 is 5.32 Å². The van der Waals surface area contributed by atoms with Gasteiger partial charge in [0.15, 0.2) is 0 Å². The third-order valence-corrected chi connectivity index (χ3v) is 8.36. The summed E-state index contributed by atoms with van der Waals surface area (Å²) < 4.78 is 0. The van der Waals surface area contributed by atoms with Gasteiger partial charge in [-0.25, -0.2) is 0 Å². The standard InChI is InChI=1S/C34H38N4/c1-2-6-32-21-29(14-15-30(32)5-1)25-38(33-9-3-7-31-8-4-18-37-34(31)33)24-28-12-10-26(11-13-28)22-36-23-27-16-19-35-20-17-27/h1-2,4-6,8,10-13,16-20,29,33,36H,3,7,9,14-15,21-25H2/t29-,33+/m1/s1. The minimum Gasteiger partial charge on any atom is -0.309 e. The van der Waals surface area contributed by atoms with Crippen molar-refractivity contribution in [2.45, 2.75) is 64.2 Å². The number of hydrogen-bond donors (Lipinski definition) is 1. The van der Waals surface area contributed by atoms with Crippen LogP contribution in [0.25, 0.3) is 0 Å². The van der Waals surface area contributed by atoms with Gasteiger partial charge in [0.1, 0.15) is 0 Å². The lowest BCUT2D eigenvalue weighted by molar-refractivity contribution is 0.134. The van der Waals surface area contributed by atoms with Crippen molar-refractivity contribution in [3.8, 4) is 0 Å². The lowest BCUT2D eigenvalue weighted by atomic mass is 9.82. The average Bonchev–Trinajstić information content (AvgIpc) is 2.98. The van der Waals surface area contributed by atoms with Gasteiger partial charge in [0.05, 0.1) is 11.7 Å². The maximum Gasteiger partial charge on any atom is 0.0607 e. The molecule has 6 rings (SSSR count). The molecular weight excluding hydrogens is 464 g/mol.